The molecule has 0 aliphatic carbocycles. The average molecular weight is 488 g/mol. The number of benzene rings is 7. The molecule has 0 N–H and O–H groups in total. The van der Waals surface area contributed by atoms with Crippen LogP contribution in [-0.2, 0) is 0 Å². The molecule has 1 nitrogen and oxygen atoms in total. The van der Waals surface area contributed by atoms with E-state index in [1.54, 1.807) is 0 Å². The van der Waals surface area contributed by atoms with Crippen molar-refractivity contribution >= 4 is 60.2 Å². The van der Waals surface area contributed by atoms with Crippen molar-refractivity contribution < 1.29 is 0 Å². The minimum atomic E-state index is 0.523. The van der Waals surface area contributed by atoms with E-state index in [1.165, 1.54) is 48.7 Å². The van der Waals surface area contributed by atoms with Gasteiger partial charge in [0.25, 0.3) is 0 Å². The molecule has 182 valence electrons. The largest absolute Gasteiger partial charge is 0.310 e. The molecule has 0 amide bonds. The summed E-state index contributed by atoms with van der Waals surface area (Å²) in [5.41, 5.74) is 4.84. The monoisotopic (exact) mass is 487 g/mol. The number of fused-ring (bicyclic) bond motifs is 5. The summed E-state index contributed by atoms with van der Waals surface area (Å²) in [4.78, 5) is 2.38. The predicted molar refractivity (Wildman–Crippen MR) is 165 cm³/mol. The molecule has 0 aliphatic rings. The van der Waals surface area contributed by atoms with Crippen LogP contribution >= 0.6 is 0 Å². The molecule has 7 aromatic carbocycles. The molecule has 38 heavy (non-hydrogen) atoms. The fourth-order valence-electron chi connectivity index (χ4n) is 5.65. The van der Waals surface area contributed by atoms with Crippen molar-refractivity contribution in [1.29, 1.82) is 0 Å². The lowest BCUT2D eigenvalue weighted by molar-refractivity contribution is 0.869. The van der Waals surface area contributed by atoms with Gasteiger partial charge in [0.05, 0.1) is 0 Å². The van der Waals surface area contributed by atoms with Gasteiger partial charge in [-0.25, -0.2) is 0 Å². The van der Waals surface area contributed by atoms with E-state index in [4.69, 9.17) is 0 Å². The number of hydrogen-bond acceptors (Lipinski definition) is 1. The van der Waals surface area contributed by atoms with Gasteiger partial charge in [0.2, 0.25) is 0 Å². The Kier molecular flexibility index (Phi) is 5.37. The van der Waals surface area contributed by atoms with Crippen LogP contribution in [0, 0.1) is 0 Å². The first-order chi connectivity index (χ1) is 18.6. The highest BCUT2D eigenvalue weighted by molar-refractivity contribution is 6.09. The van der Waals surface area contributed by atoms with E-state index < -0.39 is 0 Å². The highest BCUT2D eigenvalue weighted by atomic mass is 15.1. The molecular formula is C37H29N. The summed E-state index contributed by atoms with van der Waals surface area (Å²) in [7, 11) is 0. The molecule has 7 aromatic rings. The van der Waals surface area contributed by atoms with Crippen LogP contribution in [0.5, 0.6) is 0 Å². The maximum Gasteiger partial charge on any atom is 0.0468 e. The zero-order valence-electron chi connectivity index (χ0n) is 21.7. The maximum atomic E-state index is 2.38. The second-order valence-electron chi connectivity index (χ2n) is 10.5. The molecule has 0 fully saturated rings. The van der Waals surface area contributed by atoms with Crippen LogP contribution in [0.25, 0.3) is 43.1 Å². The van der Waals surface area contributed by atoms with Crippen LogP contribution in [0.15, 0.2) is 133 Å². The Morgan fingerprint density at radius 2 is 0.816 bits per heavy atom. The molecule has 0 unspecified atom stereocenters. The highest BCUT2D eigenvalue weighted by Crippen LogP contribution is 2.39. The first-order valence-corrected chi connectivity index (χ1v) is 13.4. The summed E-state index contributed by atoms with van der Waals surface area (Å²) in [5.74, 6) is 0.523. The van der Waals surface area contributed by atoms with Gasteiger partial charge in [0, 0.05) is 17.1 Å². The van der Waals surface area contributed by atoms with E-state index in [9.17, 15) is 0 Å². The SMILES string of the molecule is CC(C)c1ccc2c(ccc3cc(N(c4ccc5ccccc5c4)c4ccc5ccccc5c4)ccc32)c1. The average Bonchev–Trinajstić information content (AvgIpc) is 2.96. The van der Waals surface area contributed by atoms with Crippen LogP contribution in [0.2, 0.25) is 0 Å². The summed E-state index contributed by atoms with van der Waals surface area (Å²) >= 11 is 0. The quantitative estimate of drug-likeness (QED) is 0.223. The molecule has 0 heterocycles. The van der Waals surface area contributed by atoms with Gasteiger partial charge in [0.15, 0.2) is 0 Å². The van der Waals surface area contributed by atoms with Gasteiger partial charge in [-0.15, -0.1) is 0 Å². The summed E-state index contributed by atoms with van der Waals surface area (Å²) in [5, 5.41) is 10.1. The van der Waals surface area contributed by atoms with Crippen LogP contribution in [0.4, 0.5) is 17.1 Å². The molecule has 0 saturated carbocycles. The van der Waals surface area contributed by atoms with Crippen LogP contribution in [0.3, 0.4) is 0 Å². The standard InChI is InChI=1S/C37H29N/c1-25(2)28-15-19-36-31(21-28)11-12-32-24-35(18-20-37(32)36)38(33-16-13-26-7-3-5-9-29(26)22-33)34-17-14-27-8-4-6-10-30(27)23-34/h3-25H,1-2H3. The summed E-state index contributed by atoms with van der Waals surface area (Å²) < 4.78 is 0. The fourth-order valence-corrected chi connectivity index (χ4v) is 5.65. The van der Waals surface area contributed by atoms with E-state index >= 15 is 0 Å². The van der Waals surface area contributed by atoms with E-state index in [0.717, 1.165) is 17.1 Å². The Balaban J connectivity index is 1.43. The van der Waals surface area contributed by atoms with Crippen molar-refractivity contribution in [1.82, 2.24) is 0 Å². The van der Waals surface area contributed by atoms with Gasteiger partial charge in [-0.05, 0) is 91.0 Å². The van der Waals surface area contributed by atoms with Gasteiger partial charge >= 0.3 is 0 Å². The molecule has 1 heteroatoms. The van der Waals surface area contributed by atoms with Crippen molar-refractivity contribution in [2.45, 2.75) is 19.8 Å². The Hall–Kier alpha value is -4.62. The second kappa shape index (κ2) is 9.04. The van der Waals surface area contributed by atoms with Gasteiger partial charge in [-0.3, -0.25) is 0 Å². The molecule has 0 saturated heterocycles. The molecule has 0 aromatic heterocycles. The minimum absolute atomic E-state index is 0.523. The van der Waals surface area contributed by atoms with Gasteiger partial charge in [-0.2, -0.15) is 0 Å². The first kappa shape index (κ1) is 22.6. The highest BCUT2D eigenvalue weighted by Gasteiger charge is 2.15. The Morgan fingerprint density at radius 3 is 1.37 bits per heavy atom. The maximum absolute atomic E-state index is 2.38. The molecule has 7 rings (SSSR count). The van der Waals surface area contributed by atoms with Crippen molar-refractivity contribution in [3.8, 4) is 0 Å². The van der Waals surface area contributed by atoms with Gasteiger partial charge < -0.3 is 4.90 Å². The Morgan fingerprint density at radius 1 is 0.395 bits per heavy atom. The third-order valence-corrected chi connectivity index (χ3v) is 7.75. The number of nitrogens with zero attached hydrogens (tertiary/aromatic N) is 1. The topological polar surface area (TPSA) is 3.24 Å². The minimum Gasteiger partial charge on any atom is -0.310 e. The summed E-state index contributed by atoms with van der Waals surface area (Å²) in [6, 6.07) is 49.0. The lowest BCUT2D eigenvalue weighted by atomic mass is 9.96. The van der Waals surface area contributed by atoms with Crippen LogP contribution in [0.1, 0.15) is 25.3 Å². The number of hydrogen-bond donors (Lipinski definition) is 0. The fraction of sp³-hybridized carbons (Fsp3) is 0.0811. The van der Waals surface area contributed by atoms with Crippen LogP contribution < -0.4 is 4.90 Å². The number of anilines is 3. The van der Waals surface area contributed by atoms with Gasteiger partial charge in [0.1, 0.15) is 0 Å². The zero-order valence-corrected chi connectivity index (χ0v) is 21.7. The zero-order chi connectivity index (χ0) is 25.6. The van der Waals surface area contributed by atoms with Crippen molar-refractivity contribution in [3.05, 3.63) is 139 Å². The van der Waals surface area contributed by atoms with Crippen molar-refractivity contribution in [3.63, 3.8) is 0 Å². The van der Waals surface area contributed by atoms with Crippen molar-refractivity contribution in [2.24, 2.45) is 0 Å². The molecular weight excluding hydrogens is 458 g/mol. The summed E-state index contributed by atoms with van der Waals surface area (Å²) in [6.07, 6.45) is 0. The van der Waals surface area contributed by atoms with E-state index in [-0.39, 0.29) is 0 Å². The van der Waals surface area contributed by atoms with E-state index in [1.807, 2.05) is 0 Å². The molecule has 0 radical (unpaired) electrons. The predicted octanol–water partition coefficient (Wildman–Crippen LogP) is 10.9. The Labute approximate surface area is 223 Å². The molecule has 0 bridgehead atoms. The number of rotatable bonds is 4. The van der Waals surface area contributed by atoms with E-state index in [0.29, 0.717) is 5.92 Å². The van der Waals surface area contributed by atoms with Crippen LogP contribution in [-0.4, -0.2) is 0 Å². The Bertz CT molecular complexity index is 1880. The molecule has 0 atom stereocenters. The lowest BCUT2D eigenvalue weighted by Crippen LogP contribution is -2.10. The lowest BCUT2D eigenvalue weighted by Gasteiger charge is -2.26. The molecule has 0 aliphatic heterocycles. The normalized spacial score (nSPS) is 11.7. The molecule has 0 spiro atoms. The summed E-state index contributed by atoms with van der Waals surface area (Å²) in [6.45, 7) is 4.51. The van der Waals surface area contributed by atoms with Crippen molar-refractivity contribution in [2.75, 3.05) is 4.90 Å². The third kappa shape index (κ3) is 3.88. The second-order valence-corrected chi connectivity index (χ2v) is 10.5. The smallest absolute Gasteiger partial charge is 0.0468 e. The third-order valence-electron chi connectivity index (χ3n) is 7.75. The van der Waals surface area contributed by atoms with E-state index in [2.05, 4.69) is 152 Å². The van der Waals surface area contributed by atoms with Gasteiger partial charge in [-0.1, -0.05) is 111 Å². The first-order valence-electron chi connectivity index (χ1n) is 13.4.